The molecule has 1 aromatic rings. The quantitative estimate of drug-likeness (QED) is 0.426. The van der Waals surface area contributed by atoms with Crippen LogP contribution in [-0.4, -0.2) is 34.2 Å². The molecule has 18 heavy (non-hydrogen) atoms. The molecule has 1 amide bonds. The van der Waals surface area contributed by atoms with Gasteiger partial charge < -0.3 is 14.7 Å². The zero-order valence-electron chi connectivity index (χ0n) is 9.54. The second kappa shape index (κ2) is 7.05. The van der Waals surface area contributed by atoms with Crippen molar-refractivity contribution in [3.63, 3.8) is 0 Å². The largest absolute Gasteiger partial charge is 0.459 e. The van der Waals surface area contributed by atoms with Gasteiger partial charge in [-0.15, -0.1) is 4.91 Å². The molecule has 0 bridgehead atoms. The van der Waals surface area contributed by atoms with Gasteiger partial charge in [0.2, 0.25) is 0 Å². The van der Waals surface area contributed by atoms with E-state index in [2.05, 4.69) is 10.2 Å². The highest BCUT2D eigenvalue weighted by atomic mass is 16.5. The van der Waals surface area contributed by atoms with Crippen molar-refractivity contribution in [2.24, 2.45) is 5.18 Å². The smallest absolute Gasteiger partial charge is 0.326 e. The first-order valence-electron chi connectivity index (χ1n) is 5.18. The number of rotatable bonds is 7. The number of carbonyl (C=O) groups is 2. The molecule has 0 aliphatic rings. The molecule has 8 nitrogen and oxygen atoms in total. The van der Waals surface area contributed by atoms with Crippen LogP contribution in [0, 0.1) is 10.3 Å². The third-order valence-corrected chi connectivity index (χ3v) is 2.09. The van der Waals surface area contributed by atoms with E-state index in [4.69, 9.17) is 10.1 Å². The zero-order chi connectivity index (χ0) is 13.4. The lowest BCUT2D eigenvalue weighted by Crippen LogP contribution is -2.16. The molecule has 8 heteroatoms. The van der Waals surface area contributed by atoms with Crippen LogP contribution in [0.15, 0.2) is 17.6 Å². The van der Waals surface area contributed by atoms with Crippen molar-refractivity contribution in [2.75, 3.05) is 6.61 Å². The van der Waals surface area contributed by atoms with Gasteiger partial charge in [-0.2, -0.15) is 0 Å². The SMILES string of the molecule is N=CCOC(=O)Cn1ccnc1CCC(=O)N=O. The molecule has 0 unspecified atom stereocenters. The van der Waals surface area contributed by atoms with E-state index >= 15 is 0 Å². The Balaban J connectivity index is 2.53. The number of esters is 1. The predicted molar refractivity (Wildman–Crippen MR) is 61.1 cm³/mol. The van der Waals surface area contributed by atoms with Crippen LogP contribution in [0.25, 0.3) is 0 Å². The van der Waals surface area contributed by atoms with Gasteiger partial charge >= 0.3 is 5.97 Å². The van der Waals surface area contributed by atoms with Gasteiger partial charge in [0.1, 0.15) is 19.0 Å². The Hall–Kier alpha value is -2.38. The summed E-state index contributed by atoms with van der Waals surface area (Å²) < 4.78 is 6.22. The third kappa shape index (κ3) is 4.24. The van der Waals surface area contributed by atoms with Crippen molar-refractivity contribution < 1.29 is 14.3 Å². The molecule has 0 aliphatic heterocycles. The van der Waals surface area contributed by atoms with Crippen LogP contribution in [-0.2, 0) is 27.3 Å². The first kappa shape index (κ1) is 13.7. The van der Waals surface area contributed by atoms with Crippen molar-refractivity contribution in [2.45, 2.75) is 19.4 Å². The summed E-state index contributed by atoms with van der Waals surface area (Å²) in [7, 11) is 0. The summed E-state index contributed by atoms with van der Waals surface area (Å²) in [5.74, 6) is -0.757. The Morgan fingerprint density at radius 2 is 2.33 bits per heavy atom. The maximum Gasteiger partial charge on any atom is 0.326 e. The van der Waals surface area contributed by atoms with Crippen LogP contribution < -0.4 is 0 Å². The topological polar surface area (TPSA) is 114 Å². The second-order valence-electron chi connectivity index (χ2n) is 3.34. The molecule has 0 aromatic carbocycles. The Morgan fingerprint density at radius 1 is 1.56 bits per heavy atom. The molecular formula is C10H12N4O4. The maximum absolute atomic E-state index is 11.3. The maximum atomic E-state index is 11.3. The van der Waals surface area contributed by atoms with Crippen LogP contribution in [0.1, 0.15) is 12.2 Å². The molecule has 96 valence electrons. The van der Waals surface area contributed by atoms with Gasteiger partial charge in [-0.05, 0) is 0 Å². The number of aryl methyl sites for hydroxylation is 1. The number of ether oxygens (including phenoxy) is 1. The van der Waals surface area contributed by atoms with Crippen molar-refractivity contribution >= 4 is 18.1 Å². The molecule has 0 saturated heterocycles. The summed E-state index contributed by atoms with van der Waals surface area (Å²) >= 11 is 0. The van der Waals surface area contributed by atoms with Gasteiger partial charge in [0, 0.05) is 36.6 Å². The van der Waals surface area contributed by atoms with Crippen molar-refractivity contribution in [3.05, 3.63) is 23.1 Å². The summed E-state index contributed by atoms with van der Waals surface area (Å²) in [4.78, 5) is 35.9. The van der Waals surface area contributed by atoms with Crippen molar-refractivity contribution in [1.29, 1.82) is 5.41 Å². The summed E-state index contributed by atoms with van der Waals surface area (Å²) in [6.45, 7) is -0.123. The number of imidazole rings is 1. The fraction of sp³-hybridized carbons (Fsp3) is 0.400. The van der Waals surface area contributed by atoms with E-state index in [0.29, 0.717) is 5.82 Å². The standard InChI is InChI=1S/C10H12N4O4/c11-3-6-18-10(16)7-14-5-4-12-8(14)1-2-9(15)13-17/h3-5,11H,1-2,6-7H2. The summed E-state index contributed by atoms with van der Waals surface area (Å²) in [5.41, 5.74) is 0. The molecule has 0 saturated carbocycles. The van der Waals surface area contributed by atoms with E-state index in [-0.39, 0.29) is 26.0 Å². The molecule has 1 heterocycles. The van der Waals surface area contributed by atoms with Crippen molar-refractivity contribution in [1.82, 2.24) is 9.55 Å². The first-order valence-corrected chi connectivity index (χ1v) is 5.18. The molecule has 0 atom stereocenters. The normalized spacial score (nSPS) is 9.78. The lowest BCUT2D eigenvalue weighted by molar-refractivity contribution is -0.142. The van der Waals surface area contributed by atoms with Gasteiger partial charge in [-0.1, -0.05) is 0 Å². The fourth-order valence-electron chi connectivity index (χ4n) is 1.30. The Kier molecular flexibility index (Phi) is 5.36. The van der Waals surface area contributed by atoms with Crippen LogP contribution in [0.3, 0.4) is 0 Å². The number of aromatic nitrogens is 2. The summed E-state index contributed by atoms with van der Waals surface area (Å²) in [6.07, 6.45) is 4.21. The van der Waals surface area contributed by atoms with Gasteiger partial charge in [-0.3, -0.25) is 9.59 Å². The zero-order valence-corrected chi connectivity index (χ0v) is 9.54. The van der Waals surface area contributed by atoms with Crippen molar-refractivity contribution in [3.8, 4) is 0 Å². The fourth-order valence-corrected chi connectivity index (χ4v) is 1.30. The molecule has 0 spiro atoms. The van der Waals surface area contributed by atoms with E-state index in [1.807, 2.05) is 0 Å². The van der Waals surface area contributed by atoms with Gasteiger partial charge in [0.05, 0.1) is 0 Å². The lowest BCUT2D eigenvalue weighted by atomic mass is 10.3. The van der Waals surface area contributed by atoms with E-state index in [1.54, 1.807) is 6.20 Å². The summed E-state index contributed by atoms with van der Waals surface area (Å²) in [6, 6.07) is 0. The van der Waals surface area contributed by atoms with Crippen LogP contribution in [0.4, 0.5) is 0 Å². The minimum atomic E-state index is -0.754. The number of hydrogen-bond donors (Lipinski definition) is 1. The highest BCUT2D eigenvalue weighted by molar-refractivity contribution is 5.76. The molecule has 0 radical (unpaired) electrons. The minimum absolute atomic E-state index is 0.0456. The number of amides is 1. The first-order chi connectivity index (χ1) is 8.67. The highest BCUT2D eigenvalue weighted by Gasteiger charge is 2.10. The number of hydrogen-bond acceptors (Lipinski definition) is 6. The Morgan fingerprint density at radius 3 is 3.00 bits per heavy atom. The predicted octanol–water partition coefficient (Wildman–Crippen LogP) is 0.301. The van der Waals surface area contributed by atoms with E-state index in [1.165, 1.54) is 10.8 Å². The molecular weight excluding hydrogens is 240 g/mol. The minimum Gasteiger partial charge on any atom is -0.459 e. The van der Waals surface area contributed by atoms with Gasteiger partial charge in [-0.25, -0.2) is 4.98 Å². The Bertz CT molecular complexity index is 454. The van der Waals surface area contributed by atoms with Gasteiger partial charge in [0.25, 0.3) is 5.91 Å². The van der Waals surface area contributed by atoms with Crippen LogP contribution >= 0.6 is 0 Å². The third-order valence-electron chi connectivity index (χ3n) is 2.09. The van der Waals surface area contributed by atoms with E-state index < -0.39 is 11.9 Å². The monoisotopic (exact) mass is 252 g/mol. The average Bonchev–Trinajstić information content (AvgIpc) is 2.80. The second-order valence-corrected chi connectivity index (χ2v) is 3.34. The number of carbonyl (C=O) groups excluding carboxylic acids is 2. The summed E-state index contributed by atoms with van der Waals surface area (Å²) in [5, 5.41) is 9.00. The molecule has 1 rings (SSSR count). The van der Waals surface area contributed by atoms with E-state index in [0.717, 1.165) is 6.21 Å². The lowest BCUT2D eigenvalue weighted by Gasteiger charge is -2.06. The van der Waals surface area contributed by atoms with Crippen LogP contribution in [0.5, 0.6) is 0 Å². The van der Waals surface area contributed by atoms with Crippen LogP contribution in [0.2, 0.25) is 0 Å². The molecule has 1 N–H and O–H groups in total. The highest BCUT2D eigenvalue weighted by Crippen LogP contribution is 2.03. The molecule has 0 fully saturated rings. The molecule has 1 aromatic heterocycles. The molecule has 0 aliphatic carbocycles. The van der Waals surface area contributed by atoms with E-state index in [9.17, 15) is 14.5 Å². The number of nitroso groups, excluding NO2 is 1. The average molecular weight is 252 g/mol. The number of nitrogens with one attached hydrogen (secondary N) is 1. The number of nitrogens with zero attached hydrogens (tertiary/aromatic N) is 3. The Labute approximate surface area is 102 Å². The van der Waals surface area contributed by atoms with Gasteiger partial charge in [0.15, 0.2) is 0 Å².